The van der Waals surface area contributed by atoms with Crippen LogP contribution in [0.15, 0.2) is 18.3 Å². The van der Waals surface area contributed by atoms with Crippen molar-refractivity contribution in [3.63, 3.8) is 0 Å². The molecule has 0 saturated heterocycles. The molecule has 0 spiro atoms. The van der Waals surface area contributed by atoms with Crippen molar-refractivity contribution in [3.05, 3.63) is 24.0 Å². The number of aromatic nitrogens is 1. The highest BCUT2D eigenvalue weighted by molar-refractivity contribution is 6.74. The van der Waals surface area contributed by atoms with E-state index in [1.807, 2.05) is 26.2 Å². The number of nitrogens with two attached hydrogens (primary N) is 1. The van der Waals surface area contributed by atoms with Gasteiger partial charge in [-0.3, -0.25) is 9.88 Å². The highest BCUT2D eigenvalue weighted by Gasteiger charge is 2.38. The van der Waals surface area contributed by atoms with Crippen molar-refractivity contribution >= 4 is 14.0 Å². The molecule has 0 aromatic carbocycles. The van der Waals surface area contributed by atoms with E-state index < -0.39 is 8.32 Å². The van der Waals surface area contributed by atoms with E-state index in [2.05, 4.69) is 43.7 Å². The predicted octanol–water partition coefficient (Wildman–Crippen LogP) is 3.29. The fourth-order valence-corrected chi connectivity index (χ4v) is 2.66. The summed E-state index contributed by atoms with van der Waals surface area (Å²) in [6.45, 7) is 12.0. The molecule has 20 heavy (non-hydrogen) atoms. The lowest BCUT2D eigenvalue weighted by molar-refractivity contribution is 0.171. The van der Waals surface area contributed by atoms with Crippen LogP contribution in [0, 0.1) is 0 Å². The third kappa shape index (κ3) is 4.29. The zero-order valence-electron chi connectivity index (χ0n) is 13.9. The minimum atomic E-state index is -1.75. The van der Waals surface area contributed by atoms with Crippen LogP contribution >= 0.6 is 0 Å². The Hall–Kier alpha value is -0.913. The summed E-state index contributed by atoms with van der Waals surface area (Å²) in [7, 11) is 2.35. The van der Waals surface area contributed by atoms with Crippen LogP contribution in [0.2, 0.25) is 18.1 Å². The molecule has 1 heterocycles. The lowest BCUT2D eigenvalue weighted by Crippen LogP contribution is -2.43. The molecule has 1 rings (SSSR count). The zero-order valence-corrected chi connectivity index (χ0v) is 14.9. The molecule has 1 atom stereocenters. The topological polar surface area (TPSA) is 51.4 Å². The number of rotatable bonds is 5. The fraction of sp³-hybridized carbons (Fsp3) is 0.667. The summed E-state index contributed by atoms with van der Waals surface area (Å²) >= 11 is 0. The van der Waals surface area contributed by atoms with Gasteiger partial charge in [-0.1, -0.05) is 20.8 Å². The molecular formula is C15H29N3OSi. The number of anilines is 1. The predicted molar refractivity (Wildman–Crippen MR) is 88.2 cm³/mol. The summed E-state index contributed by atoms with van der Waals surface area (Å²) in [5.74, 6) is 0. The van der Waals surface area contributed by atoms with Gasteiger partial charge in [0.1, 0.15) is 0 Å². The van der Waals surface area contributed by atoms with Crippen LogP contribution in [0.25, 0.3) is 0 Å². The lowest BCUT2D eigenvalue weighted by atomic mass is 10.2. The second kappa shape index (κ2) is 6.24. The molecule has 0 aliphatic rings. The Bertz CT molecular complexity index is 441. The van der Waals surface area contributed by atoms with Crippen molar-refractivity contribution in [1.82, 2.24) is 9.88 Å². The summed E-state index contributed by atoms with van der Waals surface area (Å²) in [6.07, 6.45) is 1.76. The van der Waals surface area contributed by atoms with Gasteiger partial charge in [-0.2, -0.15) is 0 Å². The lowest BCUT2D eigenvalue weighted by Gasteiger charge is -2.38. The van der Waals surface area contributed by atoms with Gasteiger partial charge in [-0.15, -0.1) is 0 Å². The maximum Gasteiger partial charge on any atom is 0.192 e. The Morgan fingerprint density at radius 1 is 1.35 bits per heavy atom. The first kappa shape index (κ1) is 17.1. The molecule has 0 bridgehead atoms. The number of likely N-dealkylation sites (N-methyl/N-ethyl adjacent to an activating group) is 1. The first-order valence-corrected chi connectivity index (χ1v) is 9.97. The minimum Gasteiger partial charge on any atom is -0.415 e. The standard InChI is InChI=1S/C15H29N3OSi/c1-15(2,3)20(6,7)19-11-14(18(4)5)13-10-12(16)8-9-17-13/h8-10,14H,11H2,1-7H3,(H2,16,17)/t14-/m0/s1. The highest BCUT2D eigenvalue weighted by Crippen LogP contribution is 2.37. The van der Waals surface area contributed by atoms with Crippen LogP contribution < -0.4 is 5.73 Å². The Kier molecular flexibility index (Phi) is 5.35. The average Bonchev–Trinajstić information content (AvgIpc) is 2.27. The smallest absolute Gasteiger partial charge is 0.192 e. The number of pyridine rings is 1. The first-order valence-electron chi connectivity index (χ1n) is 7.06. The largest absolute Gasteiger partial charge is 0.415 e. The van der Waals surface area contributed by atoms with Crippen molar-refractivity contribution in [2.75, 3.05) is 26.4 Å². The molecule has 0 radical (unpaired) electrons. The van der Waals surface area contributed by atoms with Crippen molar-refractivity contribution < 1.29 is 4.43 Å². The summed E-state index contributed by atoms with van der Waals surface area (Å²) < 4.78 is 6.33. The van der Waals surface area contributed by atoms with E-state index in [1.165, 1.54) is 0 Å². The third-order valence-corrected chi connectivity index (χ3v) is 8.68. The van der Waals surface area contributed by atoms with Crippen LogP contribution in [-0.2, 0) is 4.43 Å². The number of nitrogen functional groups attached to an aromatic ring is 1. The summed E-state index contributed by atoms with van der Waals surface area (Å²) in [5, 5.41) is 0.215. The number of nitrogens with zero attached hydrogens (tertiary/aromatic N) is 2. The van der Waals surface area contributed by atoms with Crippen molar-refractivity contribution in [2.24, 2.45) is 0 Å². The quantitative estimate of drug-likeness (QED) is 0.847. The van der Waals surface area contributed by atoms with E-state index >= 15 is 0 Å². The Morgan fingerprint density at radius 3 is 2.40 bits per heavy atom. The van der Waals surface area contributed by atoms with Gasteiger partial charge in [0.25, 0.3) is 0 Å². The van der Waals surface area contributed by atoms with Crippen molar-refractivity contribution in [3.8, 4) is 0 Å². The van der Waals surface area contributed by atoms with Gasteiger partial charge in [-0.05, 0) is 44.4 Å². The highest BCUT2D eigenvalue weighted by atomic mass is 28.4. The maximum atomic E-state index is 6.33. The van der Waals surface area contributed by atoms with Gasteiger partial charge in [0.05, 0.1) is 18.3 Å². The monoisotopic (exact) mass is 295 g/mol. The van der Waals surface area contributed by atoms with Crippen molar-refractivity contribution in [1.29, 1.82) is 0 Å². The maximum absolute atomic E-state index is 6.33. The molecule has 5 heteroatoms. The molecule has 2 N–H and O–H groups in total. The van der Waals surface area contributed by atoms with Crippen LogP contribution in [0.5, 0.6) is 0 Å². The second-order valence-corrected chi connectivity index (χ2v) is 11.9. The van der Waals surface area contributed by atoms with E-state index in [0.29, 0.717) is 6.61 Å². The van der Waals surface area contributed by atoms with E-state index in [0.717, 1.165) is 11.4 Å². The molecule has 114 valence electrons. The zero-order chi connectivity index (χ0) is 15.6. The van der Waals surface area contributed by atoms with Gasteiger partial charge in [0.15, 0.2) is 8.32 Å². The van der Waals surface area contributed by atoms with Gasteiger partial charge < -0.3 is 10.2 Å². The fourth-order valence-electron chi connectivity index (χ4n) is 1.65. The second-order valence-electron chi connectivity index (χ2n) is 7.06. The summed E-state index contributed by atoms with van der Waals surface area (Å²) in [5.41, 5.74) is 7.57. The number of hydrogen-bond acceptors (Lipinski definition) is 4. The van der Waals surface area contributed by atoms with Crippen LogP contribution in [0.4, 0.5) is 5.69 Å². The van der Waals surface area contributed by atoms with Gasteiger partial charge in [0, 0.05) is 11.9 Å². The van der Waals surface area contributed by atoms with Crippen LogP contribution in [0.1, 0.15) is 32.5 Å². The molecular weight excluding hydrogens is 266 g/mol. The third-order valence-electron chi connectivity index (χ3n) is 4.18. The van der Waals surface area contributed by atoms with E-state index in [4.69, 9.17) is 10.2 Å². The Morgan fingerprint density at radius 2 is 1.95 bits per heavy atom. The van der Waals surface area contributed by atoms with Crippen LogP contribution in [0.3, 0.4) is 0 Å². The molecule has 1 aromatic heterocycles. The van der Waals surface area contributed by atoms with Gasteiger partial charge >= 0.3 is 0 Å². The van der Waals surface area contributed by atoms with Crippen LogP contribution in [-0.4, -0.2) is 38.9 Å². The number of hydrogen-bond donors (Lipinski definition) is 1. The summed E-state index contributed by atoms with van der Waals surface area (Å²) in [6, 6.07) is 3.87. The van der Waals surface area contributed by atoms with E-state index in [-0.39, 0.29) is 11.1 Å². The van der Waals surface area contributed by atoms with E-state index in [9.17, 15) is 0 Å². The minimum absolute atomic E-state index is 0.132. The summed E-state index contributed by atoms with van der Waals surface area (Å²) in [4.78, 5) is 6.57. The molecule has 4 nitrogen and oxygen atoms in total. The molecule has 0 amide bonds. The Balaban J connectivity index is 2.85. The van der Waals surface area contributed by atoms with Gasteiger partial charge in [-0.25, -0.2) is 0 Å². The van der Waals surface area contributed by atoms with Crippen molar-refractivity contribution in [2.45, 2.75) is 44.9 Å². The molecule has 1 aromatic rings. The first-order chi connectivity index (χ1) is 9.04. The molecule has 0 saturated carbocycles. The van der Waals surface area contributed by atoms with E-state index in [1.54, 1.807) is 6.20 Å². The molecule has 0 aliphatic carbocycles. The molecule has 0 aliphatic heterocycles. The average molecular weight is 296 g/mol. The SMILES string of the molecule is CN(C)[C@@H](CO[Si](C)(C)C(C)(C)C)c1cc(N)ccn1. The van der Waals surface area contributed by atoms with Gasteiger partial charge in [0.2, 0.25) is 0 Å². The Labute approximate surface area is 124 Å². The normalized spacial score (nSPS) is 14.6. The molecule has 0 unspecified atom stereocenters. The molecule has 0 fully saturated rings.